The molecule has 1 aliphatic rings. The zero-order chi connectivity index (χ0) is 20.8. The van der Waals surface area contributed by atoms with Gasteiger partial charge in [-0.05, 0) is 68.4 Å². The molecule has 6 heteroatoms. The fraction of sp³-hybridized carbons (Fsp3) is 0.391. The van der Waals surface area contributed by atoms with Gasteiger partial charge in [-0.3, -0.25) is 4.79 Å². The second-order valence-electron chi connectivity index (χ2n) is 7.06. The number of hydrogen-bond acceptors (Lipinski definition) is 5. The number of hydrogen-bond donors (Lipinski definition) is 1. The molecule has 0 radical (unpaired) electrons. The van der Waals surface area contributed by atoms with Crippen LogP contribution in [0.15, 0.2) is 24.3 Å². The fourth-order valence-electron chi connectivity index (χ4n) is 3.45. The highest BCUT2D eigenvalue weighted by molar-refractivity contribution is 7.16. The maximum Gasteiger partial charge on any atom is 0.249 e. The molecule has 0 saturated heterocycles. The van der Waals surface area contributed by atoms with Gasteiger partial charge in [0, 0.05) is 11.0 Å². The first-order chi connectivity index (χ1) is 14.0. The number of anilines is 1. The van der Waals surface area contributed by atoms with E-state index in [1.807, 2.05) is 32.0 Å². The number of benzene rings is 1. The summed E-state index contributed by atoms with van der Waals surface area (Å²) < 4.78 is 11.2. The lowest BCUT2D eigenvalue weighted by Gasteiger charge is -2.17. The van der Waals surface area contributed by atoms with Crippen molar-refractivity contribution in [2.45, 2.75) is 40.0 Å². The second kappa shape index (κ2) is 9.62. The molecular weight excluding hydrogens is 384 g/mol. The van der Waals surface area contributed by atoms with Crippen LogP contribution >= 0.6 is 11.3 Å². The molecule has 1 unspecified atom stereocenters. The third kappa shape index (κ3) is 4.99. The molecule has 5 nitrogen and oxygen atoms in total. The molecule has 1 aromatic heterocycles. The standard InChI is InChI=1S/C23H26N2O3S/c1-4-27-19-10-7-16(13-20(19)28-5-2)8-11-22(26)25-23-18(14-24)17-9-6-15(3)12-21(17)29-23/h7-8,10-11,13,15H,4-6,9,12H2,1-3H3,(H,25,26)/b11-8+. The molecule has 1 heterocycles. The van der Waals surface area contributed by atoms with Crippen molar-refractivity contribution >= 4 is 28.3 Å². The lowest BCUT2D eigenvalue weighted by molar-refractivity contribution is -0.111. The molecular formula is C23H26N2O3S. The summed E-state index contributed by atoms with van der Waals surface area (Å²) in [4.78, 5) is 13.7. The van der Waals surface area contributed by atoms with Crippen molar-refractivity contribution in [2.24, 2.45) is 5.92 Å². The Morgan fingerprint density at radius 3 is 2.79 bits per heavy atom. The Balaban J connectivity index is 1.74. The van der Waals surface area contributed by atoms with E-state index in [1.54, 1.807) is 6.08 Å². The number of nitriles is 1. The highest BCUT2D eigenvalue weighted by Crippen LogP contribution is 2.39. The van der Waals surface area contributed by atoms with Gasteiger partial charge in [0.2, 0.25) is 5.91 Å². The van der Waals surface area contributed by atoms with Gasteiger partial charge in [-0.2, -0.15) is 5.26 Å². The first kappa shape index (κ1) is 20.9. The van der Waals surface area contributed by atoms with Gasteiger partial charge in [0.1, 0.15) is 11.1 Å². The zero-order valence-corrected chi connectivity index (χ0v) is 17.9. The number of fused-ring (bicyclic) bond motifs is 1. The molecule has 1 atom stereocenters. The van der Waals surface area contributed by atoms with Gasteiger partial charge >= 0.3 is 0 Å². The number of ether oxygens (including phenoxy) is 2. The second-order valence-corrected chi connectivity index (χ2v) is 8.17. The van der Waals surface area contributed by atoms with Crippen molar-refractivity contribution in [3.05, 3.63) is 45.8 Å². The normalized spacial score (nSPS) is 15.6. The minimum absolute atomic E-state index is 0.250. The van der Waals surface area contributed by atoms with Gasteiger partial charge in [0.25, 0.3) is 0 Å². The fourth-order valence-corrected chi connectivity index (χ4v) is 4.82. The lowest BCUT2D eigenvalue weighted by Crippen LogP contribution is -2.10. The molecule has 0 fully saturated rings. The molecule has 1 N–H and O–H groups in total. The third-order valence-electron chi connectivity index (χ3n) is 4.85. The highest BCUT2D eigenvalue weighted by Gasteiger charge is 2.24. The predicted molar refractivity (Wildman–Crippen MR) is 117 cm³/mol. The van der Waals surface area contributed by atoms with Gasteiger partial charge in [0.15, 0.2) is 11.5 Å². The van der Waals surface area contributed by atoms with Crippen LogP contribution in [0.4, 0.5) is 5.00 Å². The number of nitrogens with one attached hydrogen (secondary N) is 1. The number of rotatable bonds is 7. The van der Waals surface area contributed by atoms with Gasteiger partial charge in [0.05, 0.1) is 18.8 Å². The van der Waals surface area contributed by atoms with Crippen molar-refractivity contribution in [1.82, 2.24) is 0 Å². The van der Waals surface area contributed by atoms with E-state index in [2.05, 4.69) is 18.3 Å². The summed E-state index contributed by atoms with van der Waals surface area (Å²) in [5, 5.41) is 13.1. The Morgan fingerprint density at radius 2 is 2.07 bits per heavy atom. The number of amides is 1. The molecule has 2 aromatic rings. The maximum absolute atomic E-state index is 12.5. The van der Waals surface area contributed by atoms with Crippen LogP contribution in [0, 0.1) is 17.2 Å². The molecule has 0 bridgehead atoms. The molecule has 1 amide bonds. The van der Waals surface area contributed by atoms with E-state index in [0.717, 1.165) is 30.4 Å². The van der Waals surface area contributed by atoms with E-state index in [4.69, 9.17) is 9.47 Å². The number of carbonyl (C=O) groups excluding carboxylic acids is 1. The van der Waals surface area contributed by atoms with Crippen molar-refractivity contribution in [3.63, 3.8) is 0 Å². The number of nitrogens with zero attached hydrogens (tertiary/aromatic N) is 1. The summed E-state index contributed by atoms with van der Waals surface area (Å²) in [5.74, 6) is 1.71. The first-order valence-corrected chi connectivity index (χ1v) is 10.8. The van der Waals surface area contributed by atoms with Crippen LogP contribution in [0.1, 0.15) is 48.8 Å². The number of thiophene rings is 1. The largest absolute Gasteiger partial charge is 0.490 e. The Kier molecular flexibility index (Phi) is 6.95. The van der Waals surface area contributed by atoms with Crippen molar-refractivity contribution in [3.8, 4) is 17.6 Å². The zero-order valence-electron chi connectivity index (χ0n) is 17.1. The van der Waals surface area contributed by atoms with E-state index >= 15 is 0 Å². The topological polar surface area (TPSA) is 71.3 Å². The summed E-state index contributed by atoms with van der Waals surface area (Å²) in [5.41, 5.74) is 2.58. The van der Waals surface area contributed by atoms with Crippen molar-refractivity contribution < 1.29 is 14.3 Å². The smallest absolute Gasteiger partial charge is 0.249 e. The molecule has 1 aromatic carbocycles. The summed E-state index contributed by atoms with van der Waals surface area (Å²) in [6, 6.07) is 7.85. The average molecular weight is 411 g/mol. The van der Waals surface area contributed by atoms with Crippen molar-refractivity contribution in [1.29, 1.82) is 5.26 Å². The van der Waals surface area contributed by atoms with Crippen LogP contribution in [0.25, 0.3) is 6.08 Å². The molecule has 152 valence electrons. The summed E-state index contributed by atoms with van der Waals surface area (Å²) >= 11 is 1.53. The first-order valence-electron chi connectivity index (χ1n) is 9.99. The lowest BCUT2D eigenvalue weighted by atomic mass is 9.89. The van der Waals surface area contributed by atoms with Crippen LogP contribution in [-0.4, -0.2) is 19.1 Å². The van der Waals surface area contributed by atoms with Gasteiger partial charge in [-0.15, -0.1) is 11.3 Å². The van der Waals surface area contributed by atoms with Crippen LogP contribution < -0.4 is 14.8 Å². The molecule has 29 heavy (non-hydrogen) atoms. The molecule has 1 aliphatic carbocycles. The van der Waals surface area contributed by atoms with Crippen LogP contribution in [0.5, 0.6) is 11.5 Å². The summed E-state index contributed by atoms with van der Waals surface area (Å²) in [6.07, 6.45) is 6.19. The maximum atomic E-state index is 12.5. The van der Waals surface area contributed by atoms with Gasteiger partial charge < -0.3 is 14.8 Å². The Labute approximate surface area is 176 Å². The Bertz CT molecular complexity index is 956. The molecule has 0 spiro atoms. The van der Waals surface area contributed by atoms with Gasteiger partial charge in [-0.1, -0.05) is 13.0 Å². The van der Waals surface area contributed by atoms with Crippen LogP contribution in [0.3, 0.4) is 0 Å². The third-order valence-corrected chi connectivity index (χ3v) is 6.02. The Morgan fingerprint density at radius 1 is 1.31 bits per heavy atom. The van der Waals surface area contributed by atoms with Crippen molar-refractivity contribution in [2.75, 3.05) is 18.5 Å². The summed E-state index contributed by atoms with van der Waals surface area (Å²) in [7, 11) is 0. The van der Waals surface area contributed by atoms with Gasteiger partial charge in [-0.25, -0.2) is 0 Å². The van der Waals surface area contributed by atoms with E-state index in [1.165, 1.54) is 22.3 Å². The minimum Gasteiger partial charge on any atom is -0.490 e. The van der Waals surface area contributed by atoms with E-state index in [9.17, 15) is 10.1 Å². The predicted octanol–water partition coefficient (Wildman–Crippen LogP) is 5.19. The quantitative estimate of drug-likeness (QED) is 0.637. The monoisotopic (exact) mass is 410 g/mol. The summed E-state index contributed by atoms with van der Waals surface area (Å²) in [6.45, 7) is 7.16. The van der Waals surface area contributed by atoms with E-state index in [-0.39, 0.29) is 5.91 Å². The highest BCUT2D eigenvalue weighted by atomic mass is 32.1. The minimum atomic E-state index is -0.250. The van der Waals surface area contributed by atoms with Crippen LogP contribution in [-0.2, 0) is 17.6 Å². The van der Waals surface area contributed by atoms with E-state index in [0.29, 0.717) is 41.2 Å². The molecule has 0 saturated carbocycles. The SMILES string of the molecule is CCOc1ccc(/C=C/C(=O)Nc2sc3c(c2C#N)CCC(C)C3)cc1OCC. The molecule has 0 aliphatic heterocycles. The van der Waals surface area contributed by atoms with E-state index < -0.39 is 0 Å². The number of carbonyl (C=O) groups is 1. The molecule has 3 rings (SSSR count). The average Bonchev–Trinajstić information content (AvgIpc) is 3.04. The van der Waals surface area contributed by atoms with Crippen LogP contribution in [0.2, 0.25) is 0 Å². The Hall–Kier alpha value is -2.78.